The van der Waals surface area contributed by atoms with Crippen LogP contribution in [-0.2, 0) is 24.2 Å². The van der Waals surface area contributed by atoms with E-state index in [1.54, 1.807) is 13.8 Å². The zero-order valence-electron chi connectivity index (χ0n) is 16.8. The first-order valence-electron chi connectivity index (χ1n) is 8.87. The summed E-state index contributed by atoms with van der Waals surface area (Å²) in [6.07, 6.45) is -4.69. The monoisotopic (exact) mass is 469 g/mol. The normalized spacial score (nSPS) is 18.8. The smallest absolute Gasteiger partial charge is 0.481 e. The van der Waals surface area contributed by atoms with E-state index in [1.165, 1.54) is 25.3 Å². The lowest BCUT2D eigenvalue weighted by molar-refractivity contribution is -0.192. The lowest BCUT2D eigenvalue weighted by Gasteiger charge is -2.21. The predicted molar refractivity (Wildman–Crippen MR) is 100 cm³/mol. The lowest BCUT2D eigenvalue weighted by Crippen LogP contribution is -2.27. The molecular formula is C18H22F3NO8S. The highest BCUT2D eigenvalue weighted by molar-refractivity contribution is 7.92. The highest BCUT2D eigenvalue weighted by Crippen LogP contribution is 2.35. The van der Waals surface area contributed by atoms with Gasteiger partial charge in [-0.15, -0.1) is 0 Å². The van der Waals surface area contributed by atoms with E-state index < -0.39 is 51.1 Å². The Morgan fingerprint density at radius 3 is 2.16 bits per heavy atom. The van der Waals surface area contributed by atoms with Gasteiger partial charge >= 0.3 is 24.1 Å². The first kappa shape index (κ1) is 26.4. The number of aliphatic carboxylic acids is 2. The molecule has 1 fully saturated rings. The fraction of sp³-hybridized carbons (Fsp3) is 0.500. The summed E-state index contributed by atoms with van der Waals surface area (Å²) in [4.78, 5) is 32.2. The second kappa shape index (κ2) is 10.1. The van der Waals surface area contributed by atoms with Gasteiger partial charge in [-0.3, -0.25) is 4.79 Å². The first-order valence-corrected chi connectivity index (χ1v) is 10.4. The number of esters is 1. The molecular weight excluding hydrogens is 447 g/mol. The van der Waals surface area contributed by atoms with Gasteiger partial charge in [0.25, 0.3) is 0 Å². The molecule has 1 aliphatic rings. The van der Waals surface area contributed by atoms with E-state index >= 15 is 0 Å². The third kappa shape index (κ3) is 6.40. The molecule has 0 bridgehead atoms. The van der Waals surface area contributed by atoms with Crippen LogP contribution in [-0.4, -0.2) is 61.6 Å². The summed E-state index contributed by atoms with van der Waals surface area (Å²) in [5.74, 6) is -5.11. The quantitative estimate of drug-likeness (QED) is 0.551. The fourth-order valence-corrected chi connectivity index (χ4v) is 4.13. The van der Waals surface area contributed by atoms with E-state index in [1.807, 2.05) is 0 Å². The number of sulfone groups is 1. The molecule has 0 spiro atoms. The van der Waals surface area contributed by atoms with Gasteiger partial charge in [-0.2, -0.15) is 13.2 Å². The number of carboxylic acid groups (broad SMARTS) is 2. The van der Waals surface area contributed by atoms with Crippen LogP contribution >= 0.6 is 0 Å². The van der Waals surface area contributed by atoms with Gasteiger partial charge in [0.05, 0.1) is 28.7 Å². The van der Waals surface area contributed by atoms with E-state index in [9.17, 15) is 36.3 Å². The minimum Gasteiger partial charge on any atom is -0.481 e. The fourth-order valence-electron chi connectivity index (χ4n) is 2.85. The van der Waals surface area contributed by atoms with E-state index in [-0.39, 0.29) is 10.5 Å². The van der Waals surface area contributed by atoms with E-state index in [0.717, 1.165) is 0 Å². The van der Waals surface area contributed by atoms with Crippen molar-refractivity contribution in [3.05, 3.63) is 29.3 Å². The molecule has 9 nitrogen and oxygen atoms in total. The number of rotatable bonds is 5. The molecule has 2 rings (SSSR count). The topological polar surface area (TPSA) is 147 Å². The zero-order valence-corrected chi connectivity index (χ0v) is 17.6. The number of alkyl halides is 3. The van der Waals surface area contributed by atoms with Gasteiger partial charge in [0, 0.05) is 6.04 Å². The SMILES string of the molecule is COC(=O)c1ccc(S(=O)(=O)C(C)C)c(C2NCCC2C(=O)O)c1.O=C(O)C(F)(F)F. The Hall–Kier alpha value is -2.67. The summed E-state index contributed by atoms with van der Waals surface area (Å²) in [6, 6.07) is 3.49. The van der Waals surface area contributed by atoms with Crippen LogP contribution in [0.1, 0.15) is 42.2 Å². The van der Waals surface area contributed by atoms with Crippen LogP contribution in [0.4, 0.5) is 13.2 Å². The highest BCUT2D eigenvalue weighted by Gasteiger charge is 2.39. The number of carbonyl (C=O) groups excluding carboxylic acids is 1. The number of carboxylic acids is 2. The number of ether oxygens (including phenoxy) is 1. The minimum atomic E-state index is -5.08. The molecule has 0 saturated carbocycles. The standard InChI is InChI=1S/C16H21NO6S.C2HF3O2/c1-9(2)24(21,22)13-5-4-10(16(20)23-3)8-12(13)14-11(15(18)19)6-7-17-14;3-2(4,5)1(6)7/h4-5,8-9,11,14,17H,6-7H2,1-3H3,(H,18,19);(H,6,7). The number of hydrogen-bond acceptors (Lipinski definition) is 7. The molecule has 174 valence electrons. The third-order valence-corrected chi connectivity index (χ3v) is 6.70. The summed E-state index contributed by atoms with van der Waals surface area (Å²) in [6.45, 7) is 3.58. The van der Waals surface area contributed by atoms with Gasteiger partial charge in [0.1, 0.15) is 0 Å². The number of carbonyl (C=O) groups is 3. The van der Waals surface area contributed by atoms with Gasteiger partial charge in [-0.1, -0.05) is 0 Å². The Morgan fingerprint density at radius 2 is 1.74 bits per heavy atom. The number of nitrogens with one attached hydrogen (secondary N) is 1. The molecule has 13 heteroatoms. The maximum atomic E-state index is 12.6. The van der Waals surface area contributed by atoms with Crippen molar-refractivity contribution >= 4 is 27.7 Å². The van der Waals surface area contributed by atoms with Crippen LogP contribution in [0, 0.1) is 5.92 Å². The molecule has 0 aliphatic carbocycles. The van der Waals surface area contributed by atoms with Gasteiger partial charge in [0.15, 0.2) is 9.84 Å². The molecule has 3 N–H and O–H groups in total. The maximum Gasteiger partial charge on any atom is 0.490 e. The Morgan fingerprint density at radius 1 is 1.19 bits per heavy atom. The van der Waals surface area contributed by atoms with E-state index in [2.05, 4.69) is 10.1 Å². The Bertz CT molecular complexity index is 944. The Balaban J connectivity index is 0.000000592. The van der Waals surface area contributed by atoms with E-state index in [4.69, 9.17) is 9.90 Å². The molecule has 0 aromatic heterocycles. The first-order chi connectivity index (χ1) is 14.1. The summed E-state index contributed by atoms with van der Waals surface area (Å²) in [5.41, 5.74) is 0.490. The summed E-state index contributed by atoms with van der Waals surface area (Å²) in [5, 5.41) is 18.9. The van der Waals surface area contributed by atoms with Crippen molar-refractivity contribution in [2.45, 2.75) is 42.6 Å². The van der Waals surface area contributed by atoms with Crippen LogP contribution < -0.4 is 5.32 Å². The molecule has 31 heavy (non-hydrogen) atoms. The molecule has 1 saturated heterocycles. The number of halogens is 3. The van der Waals surface area contributed by atoms with Gasteiger partial charge < -0.3 is 20.3 Å². The third-order valence-electron chi connectivity index (χ3n) is 4.47. The van der Waals surface area contributed by atoms with E-state index in [0.29, 0.717) is 18.5 Å². The largest absolute Gasteiger partial charge is 0.490 e. The van der Waals surface area contributed by atoms with Crippen molar-refractivity contribution in [1.29, 1.82) is 0 Å². The second-order valence-electron chi connectivity index (χ2n) is 6.81. The molecule has 1 heterocycles. The molecule has 0 amide bonds. The second-order valence-corrected chi connectivity index (χ2v) is 9.28. The van der Waals surface area contributed by atoms with Crippen LogP contribution in [0.5, 0.6) is 0 Å². The average Bonchev–Trinajstić information content (AvgIpc) is 3.16. The molecule has 2 atom stereocenters. The van der Waals surface area contributed by atoms with Gasteiger partial charge in [-0.25, -0.2) is 18.0 Å². The molecule has 0 radical (unpaired) electrons. The van der Waals surface area contributed by atoms with Crippen molar-refractivity contribution < 1.29 is 50.9 Å². The van der Waals surface area contributed by atoms with Crippen molar-refractivity contribution in [3.8, 4) is 0 Å². The average molecular weight is 469 g/mol. The number of methoxy groups -OCH3 is 1. The molecule has 1 aromatic carbocycles. The van der Waals surface area contributed by atoms with Gasteiger partial charge in [0.2, 0.25) is 0 Å². The molecule has 1 aliphatic heterocycles. The van der Waals surface area contributed by atoms with Crippen molar-refractivity contribution in [2.24, 2.45) is 5.92 Å². The highest BCUT2D eigenvalue weighted by atomic mass is 32.2. The maximum absolute atomic E-state index is 12.6. The minimum absolute atomic E-state index is 0.0517. The van der Waals surface area contributed by atoms with Crippen molar-refractivity contribution in [2.75, 3.05) is 13.7 Å². The van der Waals surface area contributed by atoms with Crippen molar-refractivity contribution in [1.82, 2.24) is 5.32 Å². The summed E-state index contributed by atoms with van der Waals surface area (Å²) < 4.78 is 61.7. The molecule has 1 aromatic rings. The molecule has 2 unspecified atom stereocenters. The van der Waals surface area contributed by atoms with Crippen LogP contribution in [0.3, 0.4) is 0 Å². The summed E-state index contributed by atoms with van der Waals surface area (Å²) >= 11 is 0. The number of hydrogen-bond donors (Lipinski definition) is 3. The Labute approximate surface area is 176 Å². The van der Waals surface area contributed by atoms with Crippen molar-refractivity contribution in [3.63, 3.8) is 0 Å². The lowest BCUT2D eigenvalue weighted by atomic mass is 9.93. The van der Waals surface area contributed by atoms with Crippen LogP contribution in [0.15, 0.2) is 23.1 Å². The number of benzene rings is 1. The van der Waals surface area contributed by atoms with Crippen LogP contribution in [0.25, 0.3) is 0 Å². The van der Waals surface area contributed by atoms with Gasteiger partial charge in [-0.05, 0) is 50.6 Å². The Kier molecular flexibility index (Phi) is 8.58. The summed E-state index contributed by atoms with van der Waals surface area (Å²) in [7, 11) is -2.40. The zero-order chi connectivity index (χ0) is 24.1. The predicted octanol–water partition coefficient (Wildman–Crippen LogP) is 2.02. The van der Waals surface area contributed by atoms with Crippen LogP contribution in [0.2, 0.25) is 0 Å².